The van der Waals surface area contributed by atoms with Gasteiger partial charge in [-0.15, -0.1) is 0 Å². The highest BCUT2D eigenvalue weighted by atomic mass is 16.4. The Bertz CT molecular complexity index is 209. The smallest absolute Gasteiger partial charge is 0.320 e. The minimum Gasteiger partial charge on any atom is -0.480 e. The summed E-state index contributed by atoms with van der Waals surface area (Å²) in [6.07, 6.45) is 3.08. The van der Waals surface area contributed by atoms with Crippen LogP contribution >= 0.6 is 0 Å². The summed E-state index contributed by atoms with van der Waals surface area (Å²) >= 11 is 0. The van der Waals surface area contributed by atoms with Crippen LogP contribution in [-0.2, 0) is 4.79 Å². The Hall–Kier alpha value is -0.610. The van der Waals surface area contributed by atoms with E-state index in [0.29, 0.717) is 12.5 Å². The summed E-state index contributed by atoms with van der Waals surface area (Å²) in [6.45, 7) is 7.09. The van der Waals surface area contributed by atoms with Crippen molar-refractivity contribution in [1.29, 1.82) is 0 Å². The summed E-state index contributed by atoms with van der Waals surface area (Å²) in [6, 6.07) is 0.146. The first-order chi connectivity index (χ1) is 7.19. The van der Waals surface area contributed by atoms with E-state index >= 15 is 0 Å². The fourth-order valence-corrected chi connectivity index (χ4v) is 2.23. The molecule has 2 unspecified atom stereocenters. The molecule has 88 valence electrons. The van der Waals surface area contributed by atoms with Crippen LogP contribution in [0.4, 0.5) is 0 Å². The normalized spacial score (nSPS) is 24.3. The minimum absolute atomic E-state index is 0.385. The lowest BCUT2D eigenvalue weighted by atomic mass is 10.2. The summed E-state index contributed by atoms with van der Waals surface area (Å²) < 4.78 is 0. The molecular weight excluding hydrogens is 192 g/mol. The maximum Gasteiger partial charge on any atom is 0.320 e. The molecule has 0 radical (unpaired) electrons. The van der Waals surface area contributed by atoms with Crippen molar-refractivity contribution < 1.29 is 9.90 Å². The molecule has 4 nitrogen and oxygen atoms in total. The molecule has 0 aromatic heterocycles. The van der Waals surface area contributed by atoms with E-state index in [0.717, 1.165) is 19.6 Å². The van der Waals surface area contributed by atoms with E-state index in [4.69, 9.17) is 5.11 Å². The van der Waals surface area contributed by atoms with Gasteiger partial charge in [0.25, 0.3) is 0 Å². The number of carboxylic acids is 1. The fraction of sp³-hybridized carbons (Fsp3) is 0.909. The van der Waals surface area contributed by atoms with Crippen LogP contribution in [0, 0.1) is 0 Å². The lowest BCUT2D eigenvalue weighted by Crippen LogP contribution is -2.44. The first kappa shape index (κ1) is 12.5. The summed E-state index contributed by atoms with van der Waals surface area (Å²) in [5.74, 6) is -0.737. The van der Waals surface area contributed by atoms with E-state index in [1.165, 1.54) is 12.8 Å². The first-order valence-corrected chi connectivity index (χ1v) is 5.89. The maximum atomic E-state index is 10.8. The molecule has 0 aromatic rings. The number of likely N-dealkylation sites (N-methyl/N-ethyl adjacent to an activating group) is 1. The van der Waals surface area contributed by atoms with Crippen LogP contribution in [0.2, 0.25) is 0 Å². The van der Waals surface area contributed by atoms with Crippen molar-refractivity contribution in [2.45, 2.75) is 45.2 Å². The Labute approximate surface area is 91.6 Å². The number of rotatable bonds is 6. The number of carboxylic acid groups (broad SMARTS) is 1. The van der Waals surface area contributed by atoms with Crippen LogP contribution in [0.1, 0.15) is 33.1 Å². The van der Waals surface area contributed by atoms with Crippen molar-refractivity contribution >= 4 is 5.97 Å². The lowest BCUT2D eigenvalue weighted by molar-refractivity contribution is -0.139. The average Bonchev–Trinajstić information content (AvgIpc) is 2.65. The molecule has 0 amide bonds. The van der Waals surface area contributed by atoms with Crippen LogP contribution in [0.5, 0.6) is 0 Å². The SMILES string of the molecule is CCC(NCC1CCCN1CC)C(=O)O. The Balaban J connectivity index is 2.32. The molecule has 1 heterocycles. The fourth-order valence-electron chi connectivity index (χ4n) is 2.23. The summed E-state index contributed by atoms with van der Waals surface area (Å²) in [5.41, 5.74) is 0. The maximum absolute atomic E-state index is 10.8. The molecule has 0 aliphatic carbocycles. The number of hydrogen-bond donors (Lipinski definition) is 2. The predicted molar refractivity (Wildman–Crippen MR) is 60.0 cm³/mol. The molecule has 1 saturated heterocycles. The standard InChI is InChI=1S/C11H22N2O2/c1-3-10(11(14)15)12-8-9-6-5-7-13(9)4-2/h9-10,12H,3-8H2,1-2H3,(H,14,15). The molecule has 0 spiro atoms. The van der Waals surface area contributed by atoms with Crippen LogP contribution < -0.4 is 5.32 Å². The Morgan fingerprint density at radius 2 is 2.33 bits per heavy atom. The second kappa shape index (κ2) is 6.08. The van der Waals surface area contributed by atoms with Crippen molar-refractivity contribution in [3.63, 3.8) is 0 Å². The Morgan fingerprint density at radius 1 is 1.60 bits per heavy atom. The van der Waals surface area contributed by atoms with Gasteiger partial charge in [-0.1, -0.05) is 13.8 Å². The highest BCUT2D eigenvalue weighted by Crippen LogP contribution is 2.15. The number of carbonyl (C=O) groups is 1. The molecule has 2 N–H and O–H groups in total. The largest absolute Gasteiger partial charge is 0.480 e. The van der Waals surface area contributed by atoms with Crippen molar-refractivity contribution in [1.82, 2.24) is 10.2 Å². The molecule has 4 heteroatoms. The van der Waals surface area contributed by atoms with E-state index in [-0.39, 0.29) is 6.04 Å². The molecule has 1 fully saturated rings. The van der Waals surface area contributed by atoms with Gasteiger partial charge in [-0.2, -0.15) is 0 Å². The highest BCUT2D eigenvalue weighted by Gasteiger charge is 2.24. The van der Waals surface area contributed by atoms with Crippen LogP contribution in [-0.4, -0.2) is 47.7 Å². The third-order valence-corrected chi connectivity index (χ3v) is 3.21. The zero-order valence-electron chi connectivity index (χ0n) is 9.70. The number of nitrogens with one attached hydrogen (secondary N) is 1. The lowest BCUT2D eigenvalue weighted by Gasteiger charge is -2.24. The molecule has 1 aliphatic rings. The first-order valence-electron chi connectivity index (χ1n) is 5.89. The van der Waals surface area contributed by atoms with Crippen molar-refractivity contribution in [3.05, 3.63) is 0 Å². The van der Waals surface area contributed by atoms with Gasteiger partial charge in [-0.3, -0.25) is 9.69 Å². The van der Waals surface area contributed by atoms with Gasteiger partial charge in [-0.25, -0.2) is 0 Å². The van der Waals surface area contributed by atoms with E-state index in [2.05, 4.69) is 17.1 Å². The number of likely N-dealkylation sites (tertiary alicyclic amines) is 1. The second-order valence-electron chi connectivity index (χ2n) is 4.13. The van der Waals surface area contributed by atoms with Crippen LogP contribution in [0.15, 0.2) is 0 Å². The molecule has 2 atom stereocenters. The monoisotopic (exact) mass is 214 g/mol. The van der Waals surface area contributed by atoms with Crippen molar-refractivity contribution in [2.24, 2.45) is 0 Å². The minimum atomic E-state index is -0.737. The van der Waals surface area contributed by atoms with Gasteiger partial charge >= 0.3 is 5.97 Å². The third kappa shape index (κ3) is 3.47. The van der Waals surface area contributed by atoms with Gasteiger partial charge in [0.2, 0.25) is 0 Å². The molecule has 1 aliphatic heterocycles. The van der Waals surface area contributed by atoms with E-state index < -0.39 is 5.97 Å². The zero-order valence-corrected chi connectivity index (χ0v) is 9.70. The third-order valence-electron chi connectivity index (χ3n) is 3.21. The Morgan fingerprint density at radius 3 is 2.87 bits per heavy atom. The van der Waals surface area contributed by atoms with Crippen LogP contribution in [0.3, 0.4) is 0 Å². The van der Waals surface area contributed by atoms with Crippen molar-refractivity contribution in [2.75, 3.05) is 19.6 Å². The van der Waals surface area contributed by atoms with Gasteiger partial charge in [0, 0.05) is 12.6 Å². The van der Waals surface area contributed by atoms with Gasteiger partial charge in [0.1, 0.15) is 6.04 Å². The Kier molecular flexibility index (Phi) is 5.05. The van der Waals surface area contributed by atoms with Crippen LogP contribution in [0.25, 0.3) is 0 Å². The topological polar surface area (TPSA) is 52.6 Å². The quantitative estimate of drug-likeness (QED) is 0.690. The molecule has 1 rings (SSSR count). The van der Waals surface area contributed by atoms with E-state index in [9.17, 15) is 4.79 Å². The van der Waals surface area contributed by atoms with E-state index in [1.807, 2.05) is 6.92 Å². The molecule has 0 bridgehead atoms. The summed E-state index contributed by atoms with van der Waals surface area (Å²) in [7, 11) is 0. The predicted octanol–water partition coefficient (Wildman–Crippen LogP) is 0.923. The molecular formula is C11H22N2O2. The molecule has 0 saturated carbocycles. The van der Waals surface area contributed by atoms with Gasteiger partial charge < -0.3 is 10.4 Å². The zero-order chi connectivity index (χ0) is 11.3. The van der Waals surface area contributed by atoms with Crippen molar-refractivity contribution in [3.8, 4) is 0 Å². The highest BCUT2D eigenvalue weighted by molar-refractivity contribution is 5.73. The van der Waals surface area contributed by atoms with Gasteiger partial charge in [0.05, 0.1) is 0 Å². The average molecular weight is 214 g/mol. The van der Waals surface area contributed by atoms with E-state index in [1.54, 1.807) is 0 Å². The van der Waals surface area contributed by atoms with Gasteiger partial charge in [0.15, 0.2) is 0 Å². The molecule has 0 aromatic carbocycles. The summed E-state index contributed by atoms with van der Waals surface area (Å²) in [4.78, 5) is 13.2. The van der Waals surface area contributed by atoms with Gasteiger partial charge in [-0.05, 0) is 32.4 Å². The molecule has 15 heavy (non-hydrogen) atoms. The summed E-state index contributed by atoms with van der Waals surface area (Å²) in [5, 5.41) is 12.0. The number of hydrogen-bond acceptors (Lipinski definition) is 3. The number of nitrogens with zero attached hydrogens (tertiary/aromatic N) is 1. The number of aliphatic carboxylic acids is 1. The second-order valence-corrected chi connectivity index (χ2v) is 4.13.